The maximum atomic E-state index is 6.14. The van der Waals surface area contributed by atoms with E-state index in [0.717, 1.165) is 15.9 Å². The van der Waals surface area contributed by atoms with E-state index in [-0.39, 0.29) is 0 Å². The van der Waals surface area contributed by atoms with Crippen molar-refractivity contribution < 1.29 is 4.42 Å². The number of thiophene rings is 1. The van der Waals surface area contributed by atoms with Crippen LogP contribution < -0.4 is 0 Å². The lowest BCUT2D eigenvalue weighted by molar-refractivity contribution is 0.283. The van der Waals surface area contributed by atoms with Gasteiger partial charge in [0.15, 0.2) is 0 Å². The van der Waals surface area contributed by atoms with Crippen LogP contribution in [0.4, 0.5) is 0 Å². The first-order valence-corrected chi connectivity index (χ1v) is 8.65. The van der Waals surface area contributed by atoms with Crippen LogP contribution in [-0.2, 0) is 13.1 Å². The zero-order valence-electron chi connectivity index (χ0n) is 11.8. The summed E-state index contributed by atoms with van der Waals surface area (Å²) >= 11 is 11.3. The monoisotopic (exact) mass is 397 g/mol. The fourth-order valence-electron chi connectivity index (χ4n) is 2.09. The highest BCUT2D eigenvalue weighted by molar-refractivity contribution is 9.11. The van der Waals surface area contributed by atoms with Crippen molar-refractivity contribution in [1.82, 2.24) is 15.1 Å². The van der Waals surface area contributed by atoms with Crippen molar-refractivity contribution in [2.24, 2.45) is 0 Å². The van der Waals surface area contributed by atoms with E-state index in [0.29, 0.717) is 23.3 Å². The molecule has 0 aliphatic heterocycles. The fourth-order valence-corrected chi connectivity index (χ4v) is 3.51. The van der Waals surface area contributed by atoms with Gasteiger partial charge in [0.1, 0.15) is 0 Å². The molecule has 0 aliphatic rings. The smallest absolute Gasteiger partial charge is 0.249 e. The first kappa shape index (κ1) is 15.7. The van der Waals surface area contributed by atoms with Gasteiger partial charge >= 0.3 is 0 Å². The van der Waals surface area contributed by atoms with Gasteiger partial charge in [-0.15, -0.1) is 21.5 Å². The summed E-state index contributed by atoms with van der Waals surface area (Å²) in [6.07, 6.45) is 0. The van der Waals surface area contributed by atoms with Crippen LogP contribution in [0.5, 0.6) is 0 Å². The van der Waals surface area contributed by atoms with E-state index in [1.807, 2.05) is 25.2 Å². The van der Waals surface area contributed by atoms with Crippen molar-refractivity contribution in [3.63, 3.8) is 0 Å². The molecule has 1 aromatic carbocycles. The minimum absolute atomic E-state index is 0.451. The van der Waals surface area contributed by atoms with Crippen LogP contribution in [0.25, 0.3) is 11.5 Å². The number of hydrogen-bond donors (Lipinski definition) is 0. The van der Waals surface area contributed by atoms with Gasteiger partial charge in [-0.1, -0.05) is 23.7 Å². The molecule has 2 heterocycles. The number of aromatic nitrogens is 2. The van der Waals surface area contributed by atoms with Gasteiger partial charge in [0, 0.05) is 6.54 Å². The van der Waals surface area contributed by atoms with Gasteiger partial charge in [-0.05, 0) is 52.1 Å². The molecule has 7 heteroatoms. The Hall–Kier alpha value is -1.21. The van der Waals surface area contributed by atoms with Crippen LogP contribution in [0.3, 0.4) is 0 Å². The van der Waals surface area contributed by atoms with Gasteiger partial charge in [-0.25, -0.2) is 0 Å². The summed E-state index contributed by atoms with van der Waals surface area (Å²) in [5.74, 6) is 1.03. The molecule has 114 valence electrons. The minimum atomic E-state index is 0.451. The van der Waals surface area contributed by atoms with Crippen molar-refractivity contribution in [2.45, 2.75) is 13.1 Å². The first-order chi connectivity index (χ1) is 10.6. The minimum Gasteiger partial charge on any atom is -0.419 e. The number of benzene rings is 1. The number of rotatable bonds is 5. The molecule has 0 aliphatic carbocycles. The van der Waals surface area contributed by atoms with E-state index < -0.39 is 0 Å². The molecule has 4 nitrogen and oxygen atoms in total. The number of nitrogens with zero attached hydrogens (tertiary/aromatic N) is 3. The SMILES string of the molecule is CN(Cc1csc(Br)c1)Cc1nnc(-c2ccccc2Cl)o1. The molecule has 22 heavy (non-hydrogen) atoms. The lowest BCUT2D eigenvalue weighted by Gasteiger charge is -2.12. The van der Waals surface area contributed by atoms with E-state index in [9.17, 15) is 0 Å². The topological polar surface area (TPSA) is 42.2 Å². The molecule has 0 spiro atoms. The largest absolute Gasteiger partial charge is 0.419 e. The third-order valence-corrected chi connectivity index (χ3v) is 4.93. The molecule has 3 aromatic rings. The lowest BCUT2D eigenvalue weighted by Crippen LogP contribution is -2.17. The summed E-state index contributed by atoms with van der Waals surface area (Å²) in [5, 5.41) is 10.9. The Bertz CT molecular complexity index is 774. The Morgan fingerprint density at radius 3 is 2.82 bits per heavy atom. The Balaban J connectivity index is 1.68. The van der Waals surface area contributed by atoms with Gasteiger partial charge in [0.25, 0.3) is 0 Å². The molecule has 0 radical (unpaired) electrons. The molecule has 0 atom stereocenters. The van der Waals surface area contributed by atoms with Gasteiger partial charge in [-0.2, -0.15) is 0 Å². The highest BCUT2D eigenvalue weighted by Crippen LogP contribution is 2.26. The Labute approximate surface area is 145 Å². The molecular formula is C15H13BrClN3OS. The summed E-state index contributed by atoms with van der Waals surface area (Å²) < 4.78 is 6.84. The standard InChI is InChI=1S/C15H13BrClN3OS/c1-20(7-10-6-13(16)22-9-10)8-14-18-19-15(21-14)11-4-2-3-5-12(11)17/h2-6,9H,7-8H2,1H3. The highest BCUT2D eigenvalue weighted by Gasteiger charge is 2.13. The zero-order valence-corrected chi connectivity index (χ0v) is 15.0. The summed E-state index contributed by atoms with van der Waals surface area (Å²) in [5.41, 5.74) is 2.01. The molecule has 0 unspecified atom stereocenters. The number of hydrogen-bond acceptors (Lipinski definition) is 5. The third kappa shape index (κ3) is 3.76. The van der Waals surface area contributed by atoms with Crippen molar-refractivity contribution in [3.05, 3.63) is 56.0 Å². The predicted molar refractivity (Wildman–Crippen MR) is 91.9 cm³/mol. The van der Waals surface area contributed by atoms with E-state index >= 15 is 0 Å². The Morgan fingerprint density at radius 1 is 1.27 bits per heavy atom. The van der Waals surface area contributed by atoms with Gasteiger partial charge in [0.2, 0.25) is 11.8 Å². The third-order valence-electron chi connectivity index (χ3n) is 3.05. The average Bonchev–Trinajstić information content (AvgIpc) is 3.09. The lowest BCUT2D eigenvalue weighted by atomic mass is 10.2. The maximum Gasteiger partial charge on any atom is 0.249 e. The molecular weight excluding hydrogens is 386 g/mol. The second kappa shape index (κ2) is 6.91. The Morgan fingerprint density at radius 2 is 2.09 bits per heavy atom. The van der Waals surface area contributed by atoms with Gasteiger partial charge in [0.05, 0.1) is 20.9 Å². The summed E-state index contributed by atoms with van der Waals surface area (Å²) in [7, 11) is 2.02. The van der Waals surface area contributed by atoms with Crippen molar-refractivity contribution >= 4 is 38.9 Å². The van der Waals surface area contributed by atoms with Gasteiger partial charge < -0.3 is 4.42 Å². The quantitative estimate of drug-likeness (QED) is 0.616. The van der Waals surface area contributed by atoms with Crippen LogP contribution in [0, 0.1) is 0 Å². The number of halogens is 2. The fraction of sp³-hybridized carbons (Fsp3) is 0.200. The normalized spacial score (nSPS) is 11.3. The van der Waals surface area contributed by atoms with Crippen LogP contribution in [0.15, 0.2) is 43.9 Å². The van der Waals surface area contributed by atoms with E-state index in [2.05, 4.69) is 42.5 Å². The van der Waals surface area contributed by atoms with Crippen molar-refractivity contribution in [1.29, 1.82) is 0 Å². The first-order valence-electron chi connectivity index (χ1n) is 6.60. The van der Waals surface area contributed by atoms with Crippen LogP contribution in [0.2, 0.25) is 5.02 Å². The van der Waals surface area contributed by atoms with Crippen molar-refractivity contribution in [3.8, 4) is 11.5 Å². The van der Waals surface area contributed by atoms with E-state index in [1.54, 1.807) is 17.4 Å². The second-order valence-electron chi connectivity index (χ2n) is 4.91. The summed E-state index contributed by atoms with van der Waals surface area (Å²) in [6, 6.07) is 9.55. The molecule has 0 saturated carbocycles. The molecule has 0 amide bonds. The van der Waals surface area contributed by atoms with E-state index in [1.165, 1.54) is 5.56 Å². The van der Waals surface area contributed by atoms with Crippen LogP contribution >= 0.6 is 38.9 Å². The van der Waals surface area contributed by atoms with E-state index in [4.69, 9.17) is 16.0 Å². The summed E-state index contributed by atoms with van der Waals surface area (Å²) in [4.78, 5) is 2.12. The molecule has 0 saturated heterocycles. The summed E-state index contributed by atoms with van der Waals surface area (Å²) in [6.45, 7) is 1.41. The Kier molecular flexibility index (Phi) is 4.93. The predicted octanol–water partition coefficient (Wildman–Crippen LogP) is 4.85. The van der Waals surface area contributed by atoms with Crippen LogP contribution in [-0.4, -0.2) is 22.1 Å². The van der Waals surface area contributed by atoms with Crippen molar-refractivity contribution in [2.75, 3.05) is 7.05 Å². The average molecular weight is 399 g/mol. The molecule has 3 rings (SSSR count). The highest BCUT2D eigenvalue weighted by atomic mass is 79.9. The molecule has 2 aromatic heterocycles. The maximum absolute atomic E-state index is 6.14. The zero-order chi connectivity index (χ0) is 15.5. The van der Waals surface area contributed by atoms with Crippen LogP contribution in [0.1, 0.15) is 11.5 Å². The molecule has 0 N–H and O–H groups in total. The van der Waals surface area contributed by atoms with Gasteiger partial charge in [-0.3, -0.25) is 4.90 Å². The molecule has 0 bridgehead atoms. The second-order valence-corrected chi connectivity index (χ2v) is 7.61. The molecule has 0 fully saturated rings.